The predicted molar refractivity (Wildman–Crippen MR) is 84.4 cm³/mol. The topological polar surface area (TPSA) is 66.4 Å². The van der Waals surface area contributed by atoms with E-state index < -0.39 is 23.6 Å². The molecule has 1 fully saturated rings. The first-order valence-electron chi connectivity index (χ1n) is 7.94. The Labute approximate surface area is 143 Å². The van der Waals surface area contributed by atoms with Crippen molar-refractivity contribution in [1.29, 1.82) is 0 Å². The minimum Gasteiger partial charge on any atom is -0.481 e. The van der Waals surface area contributed by atoms with Crippen LogP contribution in [0.5, 0.6) is 0 Å². The molecule has 0 radical (unpaired) electrons. The lowest BCUT2D eigenvalue weighted by atomic mass is 9.81. The lowest BCUT2D eigenvalue weighted by molar-refractivity contribution is -0.144. The second-order valence-corrected chi connectivity index (χ2v) is 6.00. The van der Waals surface area contributed by atoms with Gasteiger partial charge < -0.3 is 10.4 Å². The summed E-state index contributed by atoms with van der Waals surface area (Å²) < 4.78 is 37.8. The Bertz CT molecular complexity index is 703. The summed E-state index contributed by atoms with van der Waals surface area (Å²) in [7, 11) is 0. The minimum atomic E-state index is -4.42. The maximum atomic E-state index is 12.6. The maximum Gasteiger partial charge on any atom is 0.416 e. The van der Waals surface area contributed by atoms with E-state index in [1.54, 1.807) is 0 Å². The van der Waals surface area contributed by atoms with Gasteiger partial charge in [0, 0.05) is 11.5 Å². The van der Waals surface area contributed by atoms with Crippen LogP contribution < -0.4 is 5.32 Å². The van der Waals surface area contributed by atoms with Gasteiger partial charge in [0.15, 0.2) is 0 Å². The Morgan fingerprint density at radius 1 is 1.24 bits per heavy atom. The highest BCUT2D eigenvalue weighted by molar-refractivity contribution is 5.80. The Hall–Kier alpha value is -2.49. The van der Waals surface area contributed by atoms with E-state index in [1.165, 1.54) is 12.1 Å². The van der Waals surface area contributed by atoms with E-state index in [4.69, 9.17) is 5.11 Å². The number of nitrogens with one attached hydrogen (secondary N) is 1. The first kappa shape index (κ1) is 18.8. The molecule has 1 aromatic carbocycles. The van der Waals surface area contributed by atoms with Gasteiger partial charge in [0.05, 0.1) is 18.0 Å². The number of halogens is 3. The first-order valence-corrected chi connectivity index (χ1v) is 7.94. The molecule has 0 spiro atoms. The van der Waals surface area contributed by atoms with Gasteiger partial charge in [-0.25, -0.2) is 0 Å². The van der Waals surface area contributed by atoms with Crippen molar-refractivity contribution in [2.75, 3.05) is 6.54 Å². The second kappa shape index (κ2) is 8.06. The lowest BCUT2D eigenvalue weighted by Crippen LogP contribution is -2.35. The van der Waals surface area contributed by atoms with Crippen LogP contribution in [0.25, 0.3) is 0 Å². The summed E-state index contributed by atoms with van der Waals surface area (Å²) in [5, 5.41) is 11.6. The minimum absolute atomic E-state index is 0.00329. The number of carbonyl (C=O) groups is 2. The largest absolute Gasteiger partial charge is 0.481 e. The van der Waals surface area contributed by atoms with Crippen LogP contribution in [-0.2, 0) is 15.8 Å². The van der Waals surface area contributed by atoms with E-state index in [0.29, 0.717) is 25.7 Å². The number of amides is 1. The van der Waals surface area contributed by atoms with Gasteiger partial charge in [0.1, 0.15) is 0 Å². The molecule has 25 heavy (non-hydrogen) atoms. The van der Waals surface area contributed by atoms with Crippen molar-refractivity contribution in [3.05, 3.63) is 35.4 Å². The molecule has 1 aliphatic carbocycles. The van der Waals surface area contributed by atoms with Gasteiger partial charge in [-0.2, -0.15) is 13.2 Å². The molecule has 2 N–H and O–H groups in total. The fraction of sp³-hybridized carbons (Fsp3) is 0.444. The van der Waals surface area contributed by atoms with Crippen molar-refractivity contribution in [3.63, 3.8) is 0 Å². The average Bonchev–Trinajstić information content (AvgIpc) is 2.58. The Kier molecular flexibility index (Phi) is 6.07. The third kappa shape index (κ3) is 5.52. The number of rotatable bonds is 3. The molecule has 4 nitrogen and oxygen atoms in total. The predicted octanol–water partition coefficient (Wildman–Crippen LogP) is 3.06. The number of carboxylic acids is 1. The Balaban J connectivity index is 1.88. The van der Waals surface area contributed by atoms with Crippen molar-refractivity contribution in [2.24, 2.45) is 11.8 Å². The van der Waals surface area contributed by atoms with E-state index in [-0.39, 0.29) is 23.9 Å². The number of hydrogen-bond donors (Lipinski definition) is 2. The quantitative estimate of drug-likeness (QED) is 0.821. The van der Waals surface area contributed by atoms with Crippen molar-refractivity contribution in [2.45, 2.75) is 31.9 Å². The second-order valence-electron chi connectivity index (χ2n) is 6.00. The van der Waals surface area contributed by atoms with Crippen LogP contribution in [0, 0.1) is 23.7 Å². The number of benzene rings is 1. The molecule has 2 rings (SSSR count). The highest BCUT2D eigenvalue weighted by Crippen LogP contribution is 2.30. The molecular weight excluding hydrogens is 335 g/mol. The summed E-state index contributed by atoms with van der Waals surface area (Å²) >= 11 is 0. The van der Waals surface area contributed by atoms with E-state index in [1.807, 2.05) is 0 Å². The zero-order chi connectivity index (χ0) is 18.4. The molecule has 2 atom stereocenters. The number of hydrogen-bond acceptors (Lipinski definition) is 2. The summed E-state index contributed by atoms with van der Waals surface area (Å²) in [5.74, 6) is 3.20. The van der Waals surface area contributed by atoms with E-state index in [9.17, 15) is 22.8 Å². The van der Waals surface area contributed by atoms with Crippen molar-refractivity contribution in [3.8, 4) is 11.8 Å². The fourth-order valence-corrected chi connectivity index (χ4v) is 2.85. The molecular formula is C18H18F3NO3. The summed E-state index contributed by atoms with van der Waals surface area (Å²) in [4.78, 5) is 23.0. The Morgan fingerprint density at radius 3 is 2.64 bits per heavy atom. The van der Waals surface area contributed by atoms with Crippen molar-refractivity contribution >= 4 is 11.9 Å². The van der Waals surface area contributed by atoms with Gasteiger partial charge in [0.2, 0.25) is 5.91 Å². The molecule has 0 heterocycles. The van der Waals surface area contributed by atoms with Crippen LogP contribution >= 0.6 is 0 Å². The summed E-state index contributed by atoms with van der Waals surface area (Å²) in [5.41, 5.74) is -0.557. The van der Waals surface area contributed by atoms with Crippen LogP contribution in [-0.4, -0.2) is 23.5 Å². The van der Waals surface area contributed by atoms with Crippen molar-refractivity contribution < 1.29 is 27.9 Å². The standard InChI is InChI=1S/C18H18F3NO3/c19-18(20,21)15-8-1-4-12(10-15)5-3-9-22-16(23)13-6-2-7-14(11-13)17(24)25/h1,4,8,10,13-14H,2,6-7,9,11H2,(H,22,23)(H,24,25). The van der Waals surface area contributed by atoms with Gasteiger partial charge in [-0.05, 0) is 37.5 Å². The summed E-state index contributed by atoms with van der Waals surface area (Å²) in [6, 6.07) is 4.66. The fourth-order valence-electron chi connectivity index (χ4n) is 2.85. The monoisotopic (exact) mass is 353 g/mol. The Morgan fingerprint density at radius 2 is 1.96 bits per heavy atom. The van der Waals surface area contributed by atoms with Crippen molar-refractivity contribution in [1.82, 2.24) is 5.32 Å². The van der Waals surface area contributed by atoms with Crippen LogP contribution in [0.3, 0.4) is 0 Å². The number of alkyl halides is 3. The molecule has 0 aliphatic heterocycles. The molecule has 1 saturated carbocycles. The van der Waals surface area contributed by atoms with Gasteiger partial charge in [-0.1, -0.05) is 24.3 Å². The van der Waals surface area contributed by atoms with Crippen LogP contribution in [0.4, 0.5) is 13.2 Å². The van der Waals surface area contributed by atoms with Gasteiger partial charge in [0.25, 0.3) is 0 Å². The zero-order valence-corrected chi connectivity index (χ0v) is 13.4. The molecule has 1 amide bonds. The maximum absolute atomic E-state index is 12.6. The van der Waals surface area contributed by atoms with Gasteiger partial charge >= 0.3 is 12.1 Å². The zero-order valence-electron chi connectivity index (χ0n) is 13.4. The highest BCUT2D eigenvalue weighted by atomic mass is 19.4. The first-order chi connectivity index (χ1) is 11.8. The number of carbonyl (C=O) groups excluding carboxylic acids is 1. The van der Waals surface area contributed by atoms with Gasteiger partial charge in [-0.15, -0.1) is 0 Å². The smallest absolute Gasteiger partial charge is 0.416 e. The van der Waals surface area contributed by atoms with Gasteiger partial charge in [-0.3, -0.25) is 9.59 Å². The lowest BCUT2D eigenvalue weighted by Gasteiger charge is -2.25. The third-order valence-electron chi connectivity index (χ3n) is 4.17. The molecule has 1 aliphatic rings. The normalized spacial score (nSPS) is 20.3. The van der Waals surface area contributed by atoms with Crippen LogP contribution in [0.15, 0.2) is 24.3 Å². The summed E-state index contributed by atoms with van der Waals surface area (Å²) in [6.45, 7) is 0.00329. The summed E-state index contributed by atoms with van der Waals surface area (Å²) in [6.07, 6.45) is -2.22. The molecule has 1 aromatic rings. The molecule has 0 saturated heterocycles. The van der Waals surface area contributed by atoms with Crippen LogP contribution in [0.2, 0.25) is 0 Å². The molecule has 0 aromatic heterocycles. The molecule has 0 bridgehead atoms. The molecule has 2 unspecified atom stereocenters. The number of carboxylic acid groups (broad SMARTS) is 1. The number of aliphatic carboxylic acids is 1. The highest BCUT2D eigenvalue weighted by Gasteiger charge is 2.31. The van der Waals surface area contributed by atoms with E-state index in [0.717, 1.165) is 12.1 Å². The third-order valence-corrected chi connectivity index (χ3v) is 4.17. The van der Waals surface area contributed by atoms with E-state index in [2.05, 4.69) is 17.2 Å². The average molecular weight is 353 g/mol. The van der Waals surface area contributed by atoms with Crippen LogP contribution in [0.1, 0.15) is 36.8 Å². The SMILES string of the molecule is O=C(O)C1CCCC(C(=O)NCC#Cc2cccc(C(F)(F)F)c2)C1. The van der Waals surface area contributed by atoms with E-state index >= 15 is 0 Å². The molecule has 134 valence electrons. The molecule has 7 heteroatoms.